The highest BCUT2D eigenvalue weighted by atomic mass is 35.5. The Labute approximate surface area is 157 Å². The van der Waals surface area contributed by atoms with E-state index in [-0.39, 0.29) is 5.91 Å². The molecule has 1 aliphatic rings. The number of hydrogen-bond donors (Lipinski definition) is 1. The van der Waals surface area contributed by atoms with Crippen LogP contribution in [0.2, 0.25) is 5.02 Å². The molecule has 26 heavy (non-hydrogen) atoms. The van der Waals surface area contributed by atoms with E-state index in [0.717, 1.165) is 12.0 Å². The van der Waals surface area contributed by atoms with Crippen LogP contribution in [0.25, 0.3) is 17.7 Å². The Hall–Kier alpha value is -2.24. The van der Waals surface area contributed by atoms with Crippen LogP contribution in [0.5, 0.6) is 5.75 Å². The highest BCUT2D eigenvalue weighted by Gasteiger charge is 2.25. The number of nitrogens with two attached hydrogens (primary N) is 1. The van der Waals surface area contributed by atoms with Crippen molar-refractivity contribution in [2.75, 3.05) is 6.61 Å². The van der Waals surface area contributed by atoms with Gasteiger partial charge in [0.1, 0.15) is 17.7 Å². The highest BCUT2D eigenvalue weighted by Crippen LogP contribution is 2.35. The molecular weight excluding hydrogens is 350 g/mol. The molecule has 0 bridgehead atoms. The molecule has 0 saturated carbocycles. The molecule has 0 spiro atoms. The number of nitrogens with zero attached hydrogens (tertiary/aromatic N) is 2. The number of carbonyl (C=O) groups is 1. The third kappa shape index (κ3) is 3.64. The van der Waals surface area contributed by atoms with E-state index in [4.69, 9.17) is 22.1 Å². The van der Waals surface area contributed by atoms with Crippen molar-refractivity contribution in [3.63, 3.8) is 0 Å². The summed E-state index contributed by atoms with van der Waals surface area (Å²) >= 11 is 6.41. The first-order valence-electron chi connectivity index (χ1n) is 8.50. The molecule has 1 atom stereocenters. The topological polar surface area (TPSA) is 77.6 Å². The van der Waals surface area contributed by atoms with Crippen LogP contribution in [0.3, 0.4) is 0 Å². The number of aromatic nitrogens is 1. The van der Waals surface area contributed by atoms with Crippen LogP contribution in [0, 0.1) is 5.92 Å². The van der Waals surface area contributed by atoms with Crippen molar-refractivity contribution in [3.8, 4) is 16.9 Å². The highest BCUT2D eigenvalue weighted by molar-refractivity contribution is 6.32. The molecule has 0 aliphatic carbocycles. The van der Waals surface area contributed by atoms with Gasteiger partial charge in [-0.3, -0.25) is 9.78 Å². The Morgan fingerprint density at radius 1 is 1.31 bits per heavy atom. The Kier molecular flexibility index (Phi) is 4.86. The number of benzene rings is 1. The number of halogens is 1. The van der Waals surface area contributed by atoms with Crippen LogP contribution in [0.4, 0.5) is 0 Å². The Morgan fingerprint density at radius 3 is 2.73 bits per heavy atom. The lowest BCUT2D eigenvalue weighted by molar-refractivity contribution is 0.0997. The van der Waals surface area contributed by atoms with Gasteiger partial charge in [0.2, 0.25) is 0 Å². The van der Waals surface area contributed by atoms with Gasteiger partial charge >= 0.3 is 0 Å². The first-order chi connectivity index (χ1) is 12.2. The van der Waals surface area contributed by atoms with Crippen molar-refractivity contribution in [2.45, 2.75) is 32.7 Å². The van der Waals surface area contributed by atoms with Gasteiger partial charge in [-0.25, -0.2) is 4.99 Å². The van der Waals surface area contributed by atoms with Gasteiger partial charge < -0.3 is 10.5 Å². The van der Waals surface area contributed by atoms with Crippen molar-refractivity contribution in [1.82, 2.24) is 4.98 Å². The van der Waals surface area contributed by atoms with Crippen molar-refractivity contribution in [3.05, 3.63) is 45.7 Å². The molecule has 1 amide bonds. The first-order valence-corrected chi connectivity index (χ1v) is 8.88. The zero-order chi connectivity index (χ0) is 19.1. The number of fused-ring (bicyclic) bond motifs is 3. The second kappa shape index (κ2) is 6.82. The molecule has 2 aromatic rings. The van der Waals surface area contributed by atoms with E-state index in [2.05, 4.69) is 30.4 Å². The lowest BCUT2D eigenvalue weighted by Crippen LogP contribution is -2.43. The van der Waals surface area contributed by atoms with Gasteiger partial charge in [-0.2, -0.15) is 0 Å². The van der Waals surface area contributed by atoms with Crippen molar-refractivity contribution >= 4 is 24.1 Å². The number of hydrogen-bond acceptors (Lipinski definition) is 4. The smallest absolute Gasteiger partial charge is 0.278 e. The van der Waals surface area contributed by atoms with Crippen molar-refractivity contribution < 1.29 is 9.53 Å². The molecule has 1 aromatic carbocycles. The largest absolute Gasteiger partial charge is 0.490 e. The van der Waals surface area contributed by atoms with Crippen molar-refractivity contribution in [2.24, 2.45) is 16.6 Å². The molecule has 2 N–H and O–H groups in total. The summed E-state index contributed by atoms with van der Waals surface area (Å²) in [5.74, 6) is 0.529. The summed E-state index contributed by atoms with van der Waals surface area (Å²) in [6, 6.07) is 5.17. The standard InChI is InChI=1S/C20H22ClN3O2/c1-11(2)9-20(4,22)10-26-17-8-15-14(7-16(17)21)13-5-6-23-12(3)18(13)24-19(15)25/h5-8,11H,3,9-10,22H2,1-2,4H3/t20-/m0/s1. The molecule has 3 rings (SSSR count). The summed E-state index contributed by atoms with van der Waals surface area (Å²) in [4.78, 5) is 20.7. The van der Waals surface area contributed by atoms with Gasteiger partial charge in [0.15, 0.2) is 0 Å². The fourth-order valence-corrected chi connectivity index (χ4v) is 3.52. The fraction of sp³-hybridized carbons (Fsp3) is 0.350. The number of pyridine rings is 1. The maximum Gasteiger partial charge on any atom is 0.278 e. The Bertz CT molecular complexity index is 983. The van der Waals surface area contributed by atoms with E-state index in [0.29, 0.717) is 45.1 Å². The second-order valence-corrected chi connectivity index (χ2v) is 7.85. The van der Waals surface area contributed by atoms with E-state index in [1.807, 2.05) is 6.92 Å². The SMILES string of the molecule is C=c1nccc2c1=NC(=O)c1cc(OC[C@@](C)(N)CC(C)C)c(Cl)cc1-2. The molecule has 0 fully saturated rings. The minimum atomic E-state index is -0.483. The zero-order valence-corrected chi connectivity index (χ0v) is 15.9. The van der Waals surface area contributed by atoms with Gasteiger partial charge in [0.05, 0.1) is 15.9 Å². The van der Waals surface area contributed by atoms with Crippen molar-refractivity contribution in [1.29, 1.82) is 0 Å². The summed E-state index contributed by atoms with van der Waals surface area (Å²) in [5, 5.41) is 1.37. The monoisotopic (exact) mass is 371 g/mol. The Balaban J connectivity index is 1.96. The minimum Gasteiger partial charge on any atom is -0.490 e. The molecule has 1 aromatic heterocycles. The molecule has 5 nitrogen and oxygen atoms in total. The predicted molar refractivity (Wildman–Crippen MR) is 103 cm³/mol. The summed E-state index contributed by atoms with van der Waals surface area (Å²) in [6.45, 7) is 10.3. The van der Waals surface area contributed by atoms with Gasteiger partial charge in [0, 0.05) is 17.3 Å². The number of carbonyl (C=O) groups excluding carboxylic acids is 1. The average molecular weight is 372 g/mol. The second-order valence-electron chi connectivity index (χ2n) is 7.44. The van der Waals surface area contributed by atoms with Gasteiger partial charge in [-0.1, -0.05) is 32.0 Å². The van der Waals surface area contributed by atoms with E-state index in [1.165, 1.54) is 0 Å². The molecule has 0 unspecified atom stereocenters. The van der Waals surface area contributed by atoms with Gasteiger partial charge in [-0.15, -0.1) is 0 Å². The molecule has 136 valence electrons. The predicted octanol–water partition coefficient (Wildman–Crippen LogP) is 2.73. The summed E-state index contributed by atoms with van der Waals surface area (Å²) < 4.78 is 5.85. The van der Waals surface area contributed by atoms with Crippen LogP contribution >= 0.6 is 11.6 Å². The van der Waals surface area contributed by atoms with Crippen LogP contribution in [-0.2, 0) is 0 Å². The number of amides is 1. The van der Waals surface area contributed by atoms with E-state index in [9.17, 15) is 4.79 Å². The van der Waals surface area contributed by atoms with Gasteiger partial charge in [-0.05, 0) is 43.0 Å². The Morgan fingerprint density at radius 2 is 2.04 bits per heavy atom. The maximum absolute atomic E-state index is 12.5. The third-order valence-electron chi connectivity index (χ3n) is 4.24. The summed E-state index contributed by atoms with van der Waals surface area (Å²) in [5.41, 5.74) is 7.76. The third-order valence-corrected chi connectivity index (χ3v) is 4.53. The number of ether oxygens (including phenoxy) is 1. The maximum atomic E-state index is 12.5. The molecular formula is C20H22ClN3O2. The normalized spacial score (nSPS) is 15.1. The minimum absolute atomic E-state index is 0.304. The molecule has 0 saturated heterocycles. The zero-order valence-electron chi connectivity index (χ0n) is 15.2. The van der Waals surface area contributed by atoms with Crippen LogP contribution < -0.4 is 21.2 Å². The summed E-state index contributed by atoms with van der Waals surface area (Å²) in [6.07, 6.45) is 2.46. The van der Waals surface area contributed by atoms with E-state index < -0.39 is 5.54 Å². The van der Waals surface area contributed by atoms with E-state index in [1.54, 1.807) is 24.4 Å². The molecule has 6 heteroatoms. The summed E-state index contributed by atoms with van der Waals surface area (Å²) in [7, 11) is 0. The average Bonchev–Trinajstić information content (AvgIpc) is 2.53. The lowest BCUT2D eigenvalue weighted by atomic mass is 9.92. The van der Waals surface area contributed by atoms with E-state index >= 15 is 0 Å². The molecule has 1 aliphatic heterocycles. The lowest BCUT2D eigenvalue weighted by Gasteiger charge is -2.27. The van der Waals surface area contributed by atoms with Crippen LogP contribution in [-0.4, -0.2) is 23.0 Å². The van der Waals surface area contributed by atoms with Crippen LogP contribution in [0.15, 0.2) is 29.4 Å². The van der Waals surface area contributed by atoms with Gasteiger partial charge in [0.25, 0.3) is 5.91 Å². The molecule has 0 radical (unpaired) electrons. The van der Waals surface area contributed by atoms with Crippen LogP contribution in [0.1, 0.15) is 37.6 Å². The first kappa shape index (κ1) is 18.5. The quantitative estimate of drug-likeness (QED) is 0.876. The fourth-order valence-electron chi connectivity index (χ4n) is 3.30. The molecule has 2 heterocycles. The number of rotatable bonds is 5.